The van der Waals surface area contributed by atoms with Crippen LogP contribution in [0.2, 0.25) is 0 Å². The van der Waals surface area contributed by atoms with Gasteiger partial charge in [0.25, 0.3) is 0 Å². The molecule has 0 unspecified atom stereocenters. The van der Waals surface area contributed by atoms with Crippen molar-refractivity contribution in [2.45, 2.75) is 13.1 Å². The standard InChI is InChI=1S/C27H22N6S/c1-2-6-22(7-3-1)33-29-18-21(32-33)17-28-16-19-10-12-20(13-11-19)25-14-15-26(34-25)27-30-23-8-4-5-9-24(23)31-27/h1-15,18,28H,16-17H2,(H,30,31). The molecule has 0 aliphatic heterocycles. The predicted octanol–water partition coefficient (Wildman–Crippen LogP) is 5.83. The van der Waals surface area contributed by atoms with Gasteiger partial charge in [-0.3, -0.25) is 0 Å². The Morgan fingerprint density at radius 2 is 1.59 bits per heavy atom. The molecule has 0 amide bonds. The van der Waals surface area contributed by atoms with E-state index < -0.39 is 0 Å². The Labute approximate surface area is 200 Å². The molecule has 6 aromatic rings. The van der Waals surface area contributed by atoms with Crippen molar-refractivity contribution < 1.29 is 0 Å². The molecular weight excluding hydrogens is 440 g/mol. The van der Waals surface area contributed by atoms with Crippen LogP contribution in [0.25, 0.3) is 37.9 Å². The second kappa shape index (κ2) is 9.05. The minimum atomic E-state index is 0.667. The van der Waals surface area contributed by atoms with E-state index in [1.54, 1.807) is 22.3 Å². The Morgan fingerprint density at radius 1 is 0.794 bits per heavy atom. The maximum absolute atomic E-state index is 4.72. The summed E-state index contributed by atoms with van der Waals surface area (Å²) in [5.74, 6) is 0.919. The average Bonchev–Trinajstić information content (AvgIpc) is 3.64. The molecule has 3 aromatic carbocycles. The molecule has 0 aliphatic carbocycles. The summed E-state index contributed by atoms with van der Waals surface area (Å²) < 4.78 is 0. The van der Waals surface area contributed by atoms with E-state index in [9.17, 15) is 0 Å². The van der Waals surface area contributed by atoms with E-state index in [0.717, 1.165) is 39.7 Å². The van der Waals surface area contributed by atoms with Gasteiger partial charge in [-0.05, 0) is 47.5 Å². The number of H-pyrrole nitrogens is 1. The van der Waals surface area contributed by atoms with E-state index in [1.807, 2.05) is 48.5 Å². The van der Waals surface area contributed by atoms with E-state index in [4.69, 9.17) is 4.98 Å². The van der Waals surface area contributed by atoms with Crippen LogP contribution in [0.5, 0.6) is 0 Å². The van der Waals surface area contributed by atoms with Crippen molar-refractivity contribution in [1.82, 2.24) is 30.3 Å². The van der Waals surface area contributed by atoms with Gasteiger partial charge in [-0.15, -0.1) is 11.3 Å². The molecule has 7 heteroatoms. The third kappa shape index (κ3) is 4.26. The summed E-state index contributed by atoms with van der Waals surface area (Å²) in [5, 5.41) is 12.4. The molecule has 0 bridgehead atoms. The number of rotatable bonds is 7. The summed E-state index contributed by atoms with van der Waals surface area (Å²) in [6.45, 7) is 1.44. The second-order valence-electron chi connectivity index (χ2n) is 8.03. The fourth-order valence-electron chi connectivity index (χ4n) is 3.87. The molecule has 166 valence electrons. The van der Waals surface area contributed by atoms with E-state index in [-0.39, 0.29) is 0 Å². The van der Waals surface area contributed by atoms with Gasteiger partial charge < -0.3 is 10.3 Å². The molecule has 0 aliphatic rings. The smallest absolute Gasteiger partial charge is 0.148 e. The Hall–Kier alpha value is -4.07. The Kier molecular flexibility index (Phi) is 5.47. The SMILES string of the molecule is c1ccc(-n2ncc(CNCc3ccc(-c4ccc(-c5nc6ccccc6[nH]5)s4)cc3)n2)cc1. The monoisotopic (exact) mass is 462 g/mol. The summed E-state index contributed by atoms with van der Waals surface area (Å²) in [5.41, 5.74) is 6.37. The first-order valence-corrected chi connectivity index (χ1v) is 12.0. The number of hydrogen-bond acceptors (Lipinski definition) is 5. The van der Waals surface area contributed by atoms with Crippen LogP contribution >= 0.6 is 11.3 Å². The first-order chi connectivity index (χ1) is 16.8. The summed E-state index contributed by atoms with van der Waals surface area (Å²) in [7, 11) is 0. The number of aromatic amines is 1. The van der Waals surface area contributed by atoms with Gasteiger partial charge in [-0.2, -0.15) is 15.0 Å². The average molecular weight is 463 g/mol. The molecule has 2 N–H and O–H groups in total. The first kappa shape index (κ1) is 20.5. The zero-order valence-electron chi connectivity index (χ0n) is 18.3. The fraction of sp³-hybridized carbons (Fsp3) is 0.0741. The third-order valence-electron chi connectivity index (χ3n) is 5.63. The van der Waals surface area contributed by atoms with Gasteiger partial charge in [0.05, 0.1) is 33.5 Å². The fourth-order valence-corrected chi connectivity index (χ4v) is 4.83. The number of imidazole rings is 1. The van der Waals surface area contributed by atoms with Crippen LogP contribution in [0.3, 0.4) is 0 Å². The lowest BCUT2D eigenvalue weighted by atomic mass is 10.1. The van der Waals surface area contributed by atoms with E-state index >= 15 is 0 Å². The zero-order valence-corrected chi connectivity index (χ0v) is 19.2. The lowest BCUT2D eigenvalue weighted by Crippen LogP contribution is -2.13. The highest BCUT2D eigenvalue weighted by Crippen LogP contribution is 2.34. The lowest BCUT2D eigenvalue weighted by Gasteiger charge is -2.04. The molecule has 6 nitrogen and oxygen atoms in total. The molecule has 6 rings (SSSR count). The molecule has 0 radical (unpaired) electrons. The first-order valence-electron chi connectivity index (χ1n) is 11.1. The number of benzene rings is 3. The number of hydrogen-bond donors (Lipinski definition) is 2. The van der Waals surface area contributed by atoms with Crippen LogP contribution in [0.15, 0.2) is 97.2 Å². The van der Waals surface area contributed by atoms with Crippen molar-refractivity contribution >= 4 is 22.4 Å². The molecule has 0 spiro atoms. The molecule has 3 heterocycles. The van der Waals surface area contributed by atoms with Crippen LogP contribution in [-0.4, -0.2) is 25.0 Å². The van der Waals surface area contributed by atoms with Gasteiger partial charge in [0.1, 0.15) is 5.82 Å². The zero-order chi connectivity index (χ0) is 22.7. The van der Waals surface area contributed by atoms with Gasteiger partial charge in [-0.25, -0.2) is 4.98 Å². The van der Waals surface area contributed by atoms with Gasteiger partial charge in [0.15, 0.2) is 0 Å². The topological polar surface area (TPSA) is 71.4 Å². The summed E-state index contributed by atoms with van der Waals surface area (Å²) >= 11 is 1.75. The number of aromatic nitrogens is 5. The highest BCUT2D eigenvalue weighted by atomic mass is 32.1. The molecule has 0 atom stereocenters. The van der Waals surface area contributed by atoms with Crippen molar-refractivity contribution in [2.24, 2.45) is 0 Å². The van der Waals surface area contributed by atoms with Crippen LogP contribution in [-0.2, 0) is 13.1 Å². The number of nitrogens with zero attached hydrogens (tertiary/aromatic N) is 4. The number of nitrogens with one attached hydrogen (secondary N) is 2. The van der Waals surface area contributed by atoms with Crippen LogP contribution in [0.4, 0.5) is 0 Å². The number of para-hydroxylation sites is 3. The second-order valence-corrected chi connectivity index (χ2v) is 9.11. The summed E-state index contributed by atoms with van der Waals surface area (Å²) in [6.07, 6.45) is 1.81. The van der Waals surface area contributed by atoms with E-state index in [1.165, 1.54) is 16.0 Å². The minimum Gasteiger partial charge on any atom is -0.337 e. The van der Waals surface area contributed by atoms with Gasteiger partial charge in [0.2, 0.25) is 0 Å². The van der Waals surface area contributed by atoms with Gasteiger partial charge in [0, 0.05) is 18.0 Å². The van der Waals surface area contributed by atoms with Crippen LogP contribution in [0.1, 0.15) is 11.3 Å². The van der Waals surface area contributed by atoms with Crippen molar-refractivity contribution in [3.63, 3.8) is 0 Å². The van der Waals surface area contributed by atoms with Crippen LogP contribution in [0, 0.1) is 0 Å². The van der Waals surface area contributed by atoms with Gasteiger partial charge >= 0.3 is 0 Å². The molecule has 34 heavy (non-hydrogen) atoms. The predicted molar refractivity (Wildman–Crippen MR) is 137 cm³/mol. The molecule has 3 aromatic heterocycles. The maximum atomic E-state index is 4.72. The Morgan fingerprint density at radius 3 is 2.44 bits per heavy atom. The quantitative estimate of drug-likeness (QED) is 0.313. The number of thiophene rings is 1. The van der Waals surface area contributed by atoms with Gasteiger partial charge in [-0.1, -0.05) is 54.6 Å². The summed E-state index contributed by atoms with van der Waals surface area (Å²) in [6, 6.07) is 31.0. The minimum absolute atomic E-state index is 0.667. The van der Waals surface area contributed by atoms with Crippen molar-refractivity contribution in [1.29, 1.82) is 0 Å². The Bertz CT molecular complexity index is 1500. The normalized spacial score (nSPS) is 11.3. The molecule has 0 fully saturated rings. The van der Waals surface area contributed by atoms with Crippen molar-refractivity contribution in [3.8, 4) is 26.8 Å². The molecule has 0 saturated carbocycles. The molecule has 0 saturated heterocycles. The van der Waals surface area contributed by atoms with Crippen LogP contribution < -0.4 is 5.32 Å². The highest BCUT2D eigenvalue weighted by molar-refractivity contribution is 7.18. The highest BCUT2D eigenvalue weighted by Gasteiger charge is 2.09. The van der Waals surface area contributed by atoms with Crippen molar-refractivity contribution in [2.75, 3.05) is 0 Å². The number of fused-ring (bicyclic) bond motifs is 1. The van der Waals surface area contributed by atoms with Crippen molar-refractivity contribution in [3.05, 3.63) is 108 Å². The molecular formula is C27H22N6S. The maximum Gasteiger partial charge on any atom is 0.148 e. The summed E-state index contributed by atoms with van der Waals surface area (Å²) in [4.78, 5) is 12.2. The van der Waals surface area contributed by atoms with E-state index in [2.05, 4.69) is 63.0 Å². The third-order valence-corrected chi connectivity index (χ3v) is 6.77. The van der Waals surface area contributed by atoms with E-state index in [0.29, 0.717) is 6.54 Å². The largest absolute Gasteiger partial charge is 0.337 e. The Balaban J connectivity index is 1.08. The lowest BCUT2D eigenvalue weighted by molar-refractivity contribution is 0.662.